The number of amides is 3. The van der Waals surface area contributed by atoms with Gasteiger partial charge in [-0.1, -0.05) is 66.7 Å². The lowest BCUT2D eigenvalue weighted by Crippen LogP contribution is -2.63. The molecule has 10 nitrogen and oxygen atoms in total. The lowest BCUT2D eigenvalue weighted by Gasteiger charge is -2.42. The van der Waals surface area contributed by atoms with Crippen LogP contribution >= 0.6 is 0 Å². The van der Waals surface area contributed by atoms with Crippen LogP contribution in [0.15, 0.2) is 35.9 Å². The van der Waals surface area contributed by atoms with Gasteiger partial charge < -0.3 is 24.8 Å². The highest BCUT2D eigenvalue weighted by Gasteiger charge is 2.46. The Morgan fingerprint density at radius 2 is 1.42 bits per heavy atom. The predicted octanol–water partition coefficient (Wildman–Crippen LogP) is 5.25. The molecule has 0 aromatic heterocycles. The Labute approximate surface area is 257 Å². The van der Waals surface area contributed by atoms with E-state index in [0.717, 1.165) is 5.56 Å². The number of benzene rings is 1. The third-order valence-electron chi connectivity index (χ3n) is 7.47. The van der Waals surface area contributed by atoms with Crippen molar-refractivity contribution in [2.24, 2.45) is 11.3 Å². The van der Waals surface area contributed by atoms with E-state index in [2.05, 4.69) is 5.32 Å². The molecule has 0 aliphatic heterocycles. The largest absolute Gasteiger partial charge is 0.497 e. The molecule has 3 amide bonds. The second-order valence-electron chi connectivity index (χ2n) is 14.1. The Kier molecular flexibility index (Phi) is 12.4. The second-order valence-corrected chi connectivity index (χ2v) is 14.1. The van der Waals surface area contributed by atoms with E-state index in [9.17, 15) is 24.3 Å². The topological polar surface area (TPSA) is 125 Å². The van der Waals surface area contributed by atoms with Crippen LogP contribution in [-0.4, -0.2) is 83.7 Å². The quantitative estimate of drug-likeness (QED) is 0.331. The van der Waals surface area contributed by atoms with E-state index in [4.69, 9.17) is 9.47 Å². The molecule has 2 N–H and O–H groups in total. The number of nitrogens with zero attached hydrogens (tertiary/aromatic N) is 2. The van der Waals surface area contributed by atoms with Crippen LogP contribution in [-0.2, 0) is 24.5 Å². The number of carbonyl (C=O) groups excluding carboxylic acids is 3. The fourth-order valence-electron chi connectivity index (χ4n) is 4.90. The summed E-state index contributed by atoms with van der Waals surface area (Å²) in [7, 11) is 4.68. The fourth-order valence-corrected chi connectivity index (χ4v) is 4.90. The van der Waals surface area contributed by atoms with Crippen LogP contribution in [0, 0.1) is 11.3 Å². The van der Waals surface area contributed by atoms with Gasteiger partial charge in [0.05, 0.1) is 13.2 Å². The Balaban J connectivity index is 3.65. The minimum absolute atomic E-state index is 0.0976. The summed E-state index contributed by atoms with van der Waals surface area (Å²) in [5.74, 6) is -1.43. The SMILES string of the molecule is COc1ccc(C(C)(C)[C@@H](C(=O)N[C@H](C(=O)N(C)[C@H](C=C(C)C(=O)O)C(C)C)C(C)(C)C)N(C)C(=O)OC(C)(C)C)cc1. The first kappa shape index (κ1) is 37.5. The zero-order valence-corrected chi connectivity index (χ0v) is 28.5. The molecule has 242 valence electrons. The number of carbonyl (C=O) groups is 4. The molecule has 0 spiro atoms. The highest BCUT2D eigenvalue weighted by molar-refractivity contribution is 5.93. The minimum atomic E-state index is -1.08. The summed E-state index contributed by atoms with van der Waals surface area (Å²) in [6.07, 6.45) is 0.873. The number of aliphatic carboxylic acids is 1. The van der Waals surface area contributed by atoms with Gasteiger partial charge in [-0.05, 0) is 56.7 Å². The van der Waals surface area contributed by atoms with Crippen molar-refractivity contribution >= 4 is 23.9 Å². The van der Waals surface area contributed by atoms with Gasteiger partial charge in [0.25, 0.3) is 0 Å². The van der Waals surface area contributed by atoms with Gasteiger partial charge in [-0.25, -0.2) is 9.59 Å². The first-order valence-corrected chi connectivity index (χ1v) is 14.5. The summed E-state index contributed by atoms with van der Waals surface area (Å²) in [6, 6.07) is 4.66. The Morgan fingerprint density at radius 1 is 0.907 bits per heavy atom. The first-order chi connectivity index (χ1) is 19.4. The summed E-state index contributed by atoms with van der Waals surface area (Å²) in [5, 5.41) is 12.4. The van der Waals surface area contributed by atoms with E-state index in [1.807, 2.05) is 60.6 Å². The van der Waals surface area contributed by atoms with Crippen molar-refractivity contribution in [2.75, 3.05) is 21.2 Å². The van der Waals surface area contributed by atoms with Crippen molar-refractivity contribution in [3.05, 3.63) is 41.5 Å². The molecule has 3 atom stereocenters. The molecule has 1 rings (SSSR count). The van der Waals surface area contributed by atoms with Crippen LogP contribution in [0.25, 0.3) is 0 Å². The zero-order chi connectivity index (χ0) is 33.7. The molecule has 0 saturated carbocycles. The van der Waals surface area contributed by atoms with Gasteiger partial charge >= 0.3 is 12.1 Å². The number of methoxy groups -OCH3 is 1. The standard InChI is InChI=1S/C33H53N3O7/c1-20(2)24(19-21(3)29(39)40)35(12)28(38)25(31(4,5)6)34-27(37)26(36(13)30(41)43-32(7,8)9)33(10,11)22-15-17-23(42-14)18-16-22/h15-20,24-26H,1-14H3,(H,34,37)(H,39,40)/t24-,25-,26-/m1/s1. The molecule has 0 radical (unpaired) electrons. The van der Waals surface area contributed by atoms with Crippen molar-refractivity contribution in [1.29, 1.82) is 0 Å². The molecule has 0 saturated heterocycles. The van der Waals surface area contributed by atoms with Crippen molar-refractivity contribution in [1.82, 2.24) is 15.1 Å². The average Bonchev–Trinajstić information content (AvgIpc) is 2.87. The maximum atomic E-state index is 14.3. The maximum Gasteiger partial charge on any atom is 0.410 e. The number of carboxylic acid groups (broad SMARTS) is 1. The number of hydrogen-bond acceptors (Lipinski definition) is 6. The number of rotatable bonds is 11. The Hall–Kier alpha value is -3.56. The van der Waals surface area contributed by atoms with Crippen molar-refractivity contribution in [2.45, 2.75) is 105 Å². The minimum Gasteiger partial charge on any atom is -0.497 e. The van der Waals surface area contributed by atoms with E-state index >= 15 is 0 Å². The van der Waals surface area contributed by atoms with Crippen LogP contribution < -0.4 is 10.1 Å². The molecule has 43 heavy (non-hydrogen) atoms. The number of ether oxygens (including phenoxy) is 2. The van der Waals surface area contributed by atoms with Crippen molar-refractivity contribution in [3.8, 4) is 5.75 Å². The molecule has 1 aromatic carbocycles. The van der Waals surface area contributed by atoms with Crippen molar-refractivity contribution in [3.63, 3.8) is 0 Å². The van der Waals surface area contributed by atoms with Gasteiger partial charge in [0, 0.05) is 25.1 Å². The summed E-state index contributed by atoms with van der Waals surface area (Å²) < 4.78 is 10.9. The zero-order valence-electron chi connectivity index (χ0n) is 28.5. The highest BCUT2D eigenvalue weighted by atomic mass is 16.6. The normalized spacial score (nSPS) is 14.8. The average molecular weight is 604 g/mol. The summed E-state index contributed by atoms with van der Waals surface area (Å²) in [6.45, 7) is 19.8. The van der Waals surface area contributed by atoms with Gasteiger partial charge in [-0.2, -0.15) is 0 Å². The highest BCUT2D eigenvalue weighted by Crippen LogP contribution is 2.33. The lowest BCUT2D eigenvalue weighted by atomic mass is 9.76. The van der Waals surface area contributed by atoms with E-state index in [0.29, 0.717) is 5.75 Å². The van der Waals surface area contributed by atoms with Crippen LogP contribution in [0.5, 0.6) is 5.75 Å². The van der Waals surface area contributed by atoms with Crippen LogP contribution in [0.3, 0.4) is 0 Å². The third kappa shape index (κ3) is 10.0. The van der Waals surface area contributed by atoms with Crippen LogP contribution in [0.2, 0.25) is 0 Å². The number of carboxylic acids is 1. The first-order valence-electron chi connectivity index (χ1n) is 14.5. The molecule has 0 aliphatic rings. The molecule has 0 aliphatic carbocycles. The van der Waals surface area contributed by atoms with E-state index < -0.39 is 52.5 Å². The second kappa shape index (κ2) is 14.3. The molecule has 0 fully saturated rings. The maximum absolute atomic E-state index is 14.3. The number of likely N-dealkylation sites (N-methyl/N-ethyl adjacent to an activating group) is 2. The fraction of sp³-hybridized carbons (Fsp3) is 0.636. The van der Waals surface area contributed by atoms with Crippen LogP contribution in [0.1, 0.15) is 81.7 Å². The molecule has 0 bridgehead atoms. The monoisotopic (exact) mass is 603 g/mol. The number of hydrogen-bond donors (Lipinski definition) is 2. The lowest BCUT2D eigenvalue weighted by molar-refractivity contribution is -0.142. The third-order valence-corrected chi connectivity index (χ3v) is 7.47. The Morgan fingerprint density at radius 3 is 1.81 bits per heavy atom. The molecular formula is C33H53N3O7. The molecule has 1 aromatic rings. The van der Waals surface area contributed by atoms with Crippen molar-refractivity contribution < 1.29 is 33.8 Å². The van der Waals surface area contributed by atoms with E-state index in [1.54, 1.807) is 53.1 Å². The van der Waals surface area contributed by atoms with Gasteiger partial charge in [0.1, 0.15) is 23.4 Å². The summed E-state index contributed by atoms with van der Waals surface area (Å²) in [5.41, 5.74) is -1.56. The van der Waals surface area contributed by atoms with Gasteiger partial charge in [-0.3, -0.25) is 14.5 Å². The van der Waals surface area contributed by atoms with E-state index in [1.165, 1.54) is 23.8 Å². The van der Waals surface area contributed by atoms with Gasteiger partial charge in [-0.15, -0.1) is 0 Å². The summed E-state index contributed by atoms with van der Waals surface area (Å²) in [4.78, 5) is 55.9. The summed E-state index contributed by atoms with van der Waals surface area (Å²) >= 11 is 0. The predicted molar refractivity (Wildman–Crippen MR) is 168 cm³/mol. The molecule has 10 heteroatoms. The van der Waals surface area contributed by atoms with Gasteiger partial charge in [0.15, 0.2) is 0 Å². The van der Waals surface area contributed by atoms with Crippen LogP contribution in [0.4, 0.5) is 4.79 Å². The molecular weight excluding hydrogens is 550 g/mol. The van der Waals surface area contributed by atoms with E-state index in [-0.39, 0.29) is 17.4 Å². The molecule has 0 unspecified atom stereocenters. The number of nitrogens with one attached hydrogen (secondary N) is 1. The Bertz CT molecular complexity index is 1170. The smallest absolute Gasteiger partial charge is 0.410 e. The van der Waals surface area contributed by atoms with Gasteiger partial charge in [0.2, 0.25) is 11.8 Å². The molecule has 0 heterocycles.